The summed E-state index contributed by atoms with van der Waals surface area (Å²) in [7, 11) is -1.59. The lowest BCUT2D eigenvalue weighted by Gasteiger charge is -2.20. The second-order valence-electron chi connectivity index (χ2n) is 7.93. The molecule has 0 atom stereocenters. The van der Waals surface area contributed by atoms with E-state index < -0.39 is 27.5 Å². The third-order valence-corrected chi connectivity index (χ3v) is 7.97. The van der Waals surface area contributed by atoms with Crippen molar-refractivity contribution >= 4 is 62.4 Å². The molecular formula is C23H25Cl3N2O7S. The minimum absolute atomic E-state index is 0.0153. The SMILES string of the molecule is COc1cc(OC)c(NS(=O)(=O)c2cc(C(=O)OCC(=O)N3CCCCCC3)c(Cl)cc2Cl)cc1Cl. The van der Waals surface area contributed by atoms with E-state index in [0.717, 1.165) is 37.8 Å². The van der Waals surface area contributed by atoms with Crippen LogP contribution in [-0.2, 0) is 19.6 Å². The Bertz CT molecular complexity index is 1250. The quantitative estimate of drug-likeness (QED) is 0.437. The number of amides is 1. The molecule has 196 valence electrons. The first kappa shape index (κ1) is 28.2. The van der Waals surface area contributed by atoms with Gasteiger partial charge in [-0.1, -0.05) is 47.6 Å². The minimum Gasteiger partial charge on any atom is -0.495 e. The summed E-state index contributed by atoms with van der Waals surface area (Å²) < 4.78 is 44.1. The molecule has 1 amide bonds. The van der Waals surface area contributed by atoms with Crippen molar-refractivity contribution in [2.45, 2.75) is 30.6 Å². The van der Waals surface area contributed by atoms with Gasteiger partial charge in [-0.2, -0.15) is 0 Å². The van der Waals surface area contributed by atoms with Gasteiger partial charge in [0.25, 0.3) is 15.9 Å². The van der Waals surface area contributed by atoms with Gasteiger partial charge < -0.3 is 19.1 Å². The lowest BCUT2D eigenvalue weighted by molar-refractivity contribution is -0.134. The largest absolute Gasteiger partial charge is 0.495 e. The van der Waals surface area contributed by atoms with Crippen LogP contribution in [0.4, 0.5) is 5.69 Å². The molecule has 2 aromatic rings. The lowest BCUT2D eigenvalue weighted by Crippen LogP contribution is -2.35. The first-order valence-electron chi connectivity index (χ1n) is 11.0. The highest BCUT2D eigenvalue weighted by Gasteiger charge is 2.26. The monoisotopic (exact) mass is 578 g/mol. The summed E-state index contributed by atoms with van der Waals surface area (Å²) in [6.07, 6.45) is 3.87. The Kier molecular flexibility index (Phi) is 9.57. The predicted molar refractivity (Wildman–Crippen MR) is 137 cm³/mol. The number of nitrogens with zero attached hydrogens (tertiary/aromatic N) is 1. The maximum atomic E-state index is 13.2. The highest BCUT2D eigenvalue weighted by atomic mass is 35.5. The molecule has 0 saturated carbocycles. The summed E-state index contributed by atoms with van der Waals surface area (Å²) in [4.78, 5) is 26.4. The van der Waals surface area contributed by atoms with Gasteiger partial charge in [0.05, 0.1) is 40.5 Å². The van der Waals surface area contributed by atoms with Crippen LogP contribution in [0.2, 0.25) is 15.1 Å². The molecule has 0 aromatic heterocycles. The van der Waals surface area contributed by atoms with Crippen molar-refractivity contribution in [2.24, 2.45) is 0 Å². The van der Waals surface area contributed by atoms with Gasteiger partial charge >= 0.3 is 5.97 Å². The van der Waals surface area contributed by atoms with Crippen LogP contribution in [0, 0.1) is 0 Å². The molecule has 36 heavy (non-hydrogen) atoms. The first-order chi connectivity index (χ1) is 17.1. The number of methoxy groups -OCH3 is 2. The van der Waals surface area contributed by atoms with E-state index in [0.29, 0.717) is 13.1 Å². The standard InChI is InChI=1S/C23H25Cl3N2O7S/c1-33-19-12-20(34-2)18(11-16(19)25)27-36(31,32)21-9-14(15(24)10-17(21)26)23(30)35-13-22(29)28-7-5-3-4-6-8-28/h9-12,27H,3-8,13H2,1-2H3. The van der Waals surface area contributed by atoms with Gasteiger partial charge in [0.2, 0.25) is 0 Å². The smallest absolute Gasteiger partial charge is 0.340 e. The second kappa shape index (κ2) is 12.2. The molecule has 0 spiro atoms. The van der Waals surface area contributed by atoms with Crippen molar-refractivity contribution in [3.05, 3.63) is 44.9 Å². The molecule has 1 aliphatic heterocycles. The maximum absolute atomic E-state index is 13.2. The van der Waals surface area contributed by atoms with Gasteiger partial charge in [-0.15, -0.1) is 0 Å². The molecule has 0 unspecified atom stereocenters. The fraction of sp³-hybridized carbons (Fsp3) is 0.391. The Hall–Kier alpha value is -2.40. The number of hydrogen-bond acceptors (Lipinski definition) is 7. The average Bonchev–Trinajstić information content (AvgIpc) is 3.12. The predicted octanol–water partition coefficient (Wildman–Crippen LogP) is 5.02. The Morgan fingerprint density at radius 1 is 0.889 bits per heavy atom. The van der Waals surface area contributed by atoms with Crippen molar-refractivity contribution in [3.8, 4) is 11.5 Å². The minimum atomic E-state index is -4.34. The van der Waals surface area contributed by atoms with Crippen LogP contribution in [0.5, 0.6) is 11.5 Å². The third kappa shape index (κ3) is 6.67. The van der Waals surface area contributed by atoms with E-state index in [1.54, 1.807) is 4.90 Å². The fourth-order valence-electron chi connectivity index (χ4n) is 3.65. The van der Waals surface area contributed by atoms with E-state index in [-0.39, 0.29) is 43.7 Å². The number of benzene rings is 2. The van der Waals surface area contributed by atoms with Crippen LogP contribution in [-0.4, -0.2) is 59.1 Å². The number of hydrogen-bond donors (Lipinski definition) is 1. The zero-order chi connectivity index (χ0) is 26.5. The van der Waals surface area contributed by atoms with E-state index in [9.17, 15) is 18.0 Å². The highest BCUT2D eigenvalue weighted by Crippen LogP contribution is 2.38. The molecule has 1 fully saturated rings. The van der Waals surface area contributed by atoms with Gasteiger partial charge in [0.1, 0.15) is 16.4 Å². The van der Waals surface area contributed by atoms with Crippen LogP contribution in [0.25, 0.3) is 0 Å². The topological polar surface area (TPSA) is 111 Å². The van der Waals surface area contributed by atoms with Crippen LogP contribution >= 0.6 is 34.8 Å². The van der Waals surface area contributed by atoms with Gasteiger partial charge in [-0.25, -0.2) is 13.2 Å². The van der Waals surface area contributed by atoms with Gasteiger partial charge in [0, 0.05) is 19.2 Å². The van der Waals surface area contributed by atoms with E-state index in [4.69, 9.17) is 49.0 Å². The number of sulfonamides is 1. The van der Waals surface area contributed by atoms with Crippen molar-refractivity contribution in [2.75, 3.05) is 38.6 Å². The van der Waals surface area contributed by atoms with E-state index in [1.165, 1.54) is 26.4 Å². The zero-order valence-electron chi connectivity index (χ0n) is 19.6. The van der Waals surface area contributed by atoms with Crippen molar-refractivity contribution in [1.29, 1.82) is 0 Å². The Morgan fingerprint density at radius 3 is 2.14 bits per heavy atom. The summed E-state index contributed by atoms with van der Waals surface area (Å²) in [5, 5.41) is -0.226. The summed E-state index contributed by atoms with van der Waals surface area (Å²) in [5.41, 5.74) is -0.244. The van der Waals surface area contributed by atoms with Gasteiger partial charge in [-0.3, -0.25) is 9.52 Å². The number of rotatable bonds is 8. The first-order valence-corrected chi connectivity index (χ1v) is 13.6. The Morgan fingerprint density at radius 2 is 1.53 bits per heavy atom. The lowest BCUT2D eigenvalue weighted by atomic mass is 10.2. The number of carbonyl (C=O) groups is 2. The van der Waals surface area contributed by atoms with E-state index in [1.807, 2.05) is 0 Å². The maximum Gasteiger partial charge on any atom is 0.340 e. The molecule has 1 aliphatic rings. The molecule has 0 bridgehead atoms. The number of nitrogens with one attached hydrogen (secondary N) is 1. The highest BCUT2D eigenvalue weighted by molar-refractivity contribution is 7.92. The van der Waals surface area contributed by atoms with E-state index in [2.05, 4.69) is 4.72 Å². The Labute approximate surface area is 224 Å². The average molecular weight is 580 g/mol. The molecule has 0 radical (unpaired) electrons. The summed E-state index contributed by atoms with van der Waals surface area (Å²) in [5.74, 6) is -0.869. The number of anilines is 1. The molecule has 13 heteroatoms. The van der Waals surface area contributed by atoms with Crippen LogP contribution < -0.4 is 14.2 Å². The van der Waals surface area contributed by atoms with Crippen molar-refractivity contribution < 1.29 is 32.2 Å². The molecule has 0 aliphatic carbocycles. The molecule has 1 saturated heterocycles. The zero-order valence-corrected chi connectivity index (χ0v) is 22.7. The molecule has 3 rings (SSSR count). The molecule has 1 N–H and O–H groups in total. The van der Waals surface area contributed by atoms with Crippen molar-refractivity contribution in [1.82, 2.24) is 4.90 Å². The number of carbonyl (C=O) groups excluding carboxylic acids is 2. The fourth-order valence-corrected chi connectivity index (χ4v) is 5.80. The number of halogens is 3. The summed E-state index contributed by atoms with van der Waals surface area (Å²) in [6, 6.07) is 4.82. The summed E-state index contributed by atoms with van der Waals surface area (Å²) in [6.45, 7) is 0.718. The van der Waals surface area contributed by atoms with Crippen molar-refractivity contribution in [3.63, 3.8) is 0 Å². The number of esters is 1. The molecular weight excluding hydrogens is 555 g/mol. The summed E-state index contributed by atoms with van der Waals surface area (Å²) >= 11 is 18.4. The van der Waals surface area contributed by atoms with E-state index >= 15 is 0 Å². The molecule has 2 aromatic carbocycles. The Balaban J connectivity index is 1.83. The number of likely N-dealkylation sites (tertiary alicyclic amines) is 1. The number of ether oxygens (including phenoxy) is 3. The second-order valence-corrected chi connectivity index (χ2v) is 10.8. The van der Waals surface area contributed by atoms with Crippen LogP contribution in [0.3, 0.4) is 0 Å². The normalized spacial score (nSPS) is 14.1. The van der Waals surface area contributed by atoms with Gasteiger partial charge in [-0.05, 0) is 31.0 Å². The van der Waals surface area contributed by atoms with Crippen LogP contribution in [0.15, 0.2) is 29.2 Å². The molecule has 9 nitrogen and oxygen atoms in total. The van der Waals surface area contributed by atoms with Gasteiger partial charge in [0.15, 0.2) is 6.61 Å². The molecule has 1 heterocycles. The third-order valence-electron chi connectivity index (χ3n) is 5.53. The van der Waals surface area contributed by atoms with Crippen LogP contribution in [0.1, 0.15) is 36.0 Å².